The monoisotopic (exact) mass is 400 g/mol. The van der Waals surface area contributed by atoms with Gasteiger partial charge in [0.15, 0.2) is 11.5 Å². The summed E-state index contributed by atoms with van der Waals surface area (Å²) < 4.78 is 35.3. The zero-order valence-corrected chi connectivity index (χ0v) is 15.7. The molecular formula is C19H23ClF2N2O3. The molecular weight excluding hydrogens is 378 g/mol. The molecule has 0 saturated carbocycles. The minimum Gasteiger partial charge on any atom is -0.490 e. The number of rotatable bonds is 9. The van der Waals surface area contributed by atoms with Crippen LogP contribution in [0.25, 0.3) is 0 Å². The number of alkyl halides is 2. The van der Waals surface area contributed by atoms with Gasteiger partial charge in [0, 0.05) is 24.6 Å². The van der Waals surface area contributed by atoms with E-state index in [-0.39, 0.29) is 42.8 Å². The lowest BCUT2D eigenvalue weighted by atomic mass is 10.0. The van der Waals surface area contributed by atoms with Crippen LogP contribution in [-0.2, 0) is 11.3 Å². The number of ether oxygens (including phenoxy) is 2. The van der Waals surface area contributed by atoms with Crippen LogP contribution in [0.2, 0.25) is 0 Å². The van der Waals surface area contributed by atoms with Crippen molar-refractivity contribution in [3.8, 4) is 11.5 Å². The molecule has 0 bridgehead atoms. The Balaban J connectivity index is 0.00000364. The molecule has 0 aliphatic carbocycles. The number of para-hydroxylation sites is 1. The Morgan fingerprint density at radius 2 is 1.85 bits per heavy atom. The Kier molecular flexibility index (Phi) is 9.53. The Morgan fingerprint density at radius 1 is 1.15 bits per heavy atom. The van der Waals surface area contributed by atoms with E-state index in [1.807, 2.05) is 30.3 Å². The second-order valence-electron chi connectivity index (χ2n) is 5.55. The summed E-state index contributed by atoms with van der Waals surface area (Å²) in [6.45, 7) is -0.909. The fraction of sp³-hybridized carbons (Fsp3) is 0.316. The summed E-state index contributed by atoms with van der Waals surface area (Å²) in [7, 11) is 0. The van der Waals surface area contributed by atoms with E-state index >= 15 is 0 Å². The summed E-state index contributed by atoms with van der Waals surface area (Å²) >= 11 is 0. The van der Waals surface area contributed by atoms with E-state index in [2.05, 4.69) is 10.1 Å². The van der Waals surface area contributed by atoms with Crippen LogP contribution in [0.3, 0.4) is 0 Å². The highest BCUT2D eigenvalue weighted by Crippen LogP contribution is 2.32. The van der Waals surface area contributed by atoms with Crippen molar-refractivity contribution in [2.45, 2.75) is 32.5 Å². The number of nitrogens with two attached hydrogens (primary N) is 1. The average molecular weight is 401 g/mol. The highest BCUT2D eigenvalue weighted by molar-refractivity contribution is 5.85. The van der Waals surface area contributed by atoms with Gasteiger partial charge in [0.1, 0.15) is 0 Å². The molecule has 2 rings (SSSR count). The molecule has 3 N–H and O–H groups in total. The van der Waals surface area contributed by atoms with Crippen molar-refractivity contribution in [1.29, 1.82) is 0 Å². The summed E-state index contributed by atoms with van der Waals surface area (Å²) in [6.07, 6.45) is 0.0835. The van der Waals surface area contributed by atoms with Crippen LogP contribution >= 0.6 is 12.4 Å². The topological polar surface area (TPSA) is 73.6 Å². The fourth-order valence-electron chi connectivity index (χ4n) is 2.48. The van der Waals surface area contributed by atoms with E-state index in [1.54, 1.807) is 19.1 Å². The number of amides is 1. The van der Waals surface area contributed by atoms with Gasteiger partial charge in [-0.05, 0) is 18.6 Å². The molecule has 0 heterocycles. The Hall–Kier alpha value is -2.38. The Morgan fingerprint density at radius 3 is 2.48 bits per heavy atom. The minimum absolute atomic E-state index is 0. The first-order valence-corrected chi connectivity index (χ1v) is 8.28. The van der Waals surface area contributed by atoms with Gasteiger partial charge in [0.2, 0.25) is 5.91 Å². The maximum atomic E-state index is 12.7. The van der Waals surface area contributed by atoms with Crippen LogP contribution in [-0.4, -0.2) is 19.1 Å². The third-order valence-electron chi connectivity index (χ3n) is 3.68. The normalized spacial score (nSPS) is 11.4. The highest BCUT2D eigenvalue weighted by Gasteiger charge is 2.17. The van der Waals surface area contributed by atoms with Gasteiger partial charge in [0.25, 0.3) is 0 Å². The first kappa shape index (κ1) is 22.7. The number of carbonyl (C=O) groups excluding carboxylic acids is 1. The molecule has 0 aliphatic rings. The molecule has 0 saturated heterocycles. The molecule has 5 nitrogen and oxygen atoms in total. The zero-order valence-electron chi connectivity index (χ0n) is 14.9. The fourth-order valence-corrected chi connectivity index (χ4v) is 2.48. The first-order valence-electron chi connectivity index (χ1n) is 8.28. The summed E-state index contributed by atoms with van der Waals surface area (Å²) in [5.41, 5.74) is 7.27. The van der Waals surface area contributed by atoms with Crippen molar-refractivity contribution in [2.24, 2.45) is 5.73 Å². The molecule has 27 heavy (non-hydrogen) atoms. The van der Waals surface area contributed by atoms with Crippen LogP contribution in [0.15, 0.2) is 48.5 Å². The number of hydrogen-bond acceptors (Lipinski definition) is 4. The van der Waals surface area contributed by atoms with Gasteiger partial charge in [-0.15, -0.1) is 12.4 Å². The van der Waals surface area contributed by atoms with E-state index in [0.29, 0.717) is 12.2 Å². The molecule has 0 aromatic heterocycles. The second kappa shape index (κ2) is 11.4. The first-order chi connectivity index (χ1) is 12.5. The number of hydrogen-bond donors (Lipinski definition) is 2. The quantitative estimate of drug-likeness (QED) is 0.671. The Labute approximate surface area is 163 Å². The lowest BCUT2D eigenvalue weighted by Crippen LogP contribution is -2.27. The molecule has 2 aromatic carbocycles. The van der Waals surface area contributed by atoms with Gasteiger partial charge in [-0.2, -0.15) is 8.78 Å². The van der Waals surface area contributed by atoms with Crippen LogP contribution < -0.4 is 20.5 Å². The minimum atomic E-state index is -2.99. The SMILES string of the molecule is CCOc1cccc(CNC(=O)CC(N)c2ccccc2)c1OC(F)F.Cl. The van der Waals surface area contributed by atoms with E-state index in [1.165, 1.54) is 6.07 Å². The number of carbonyl (C=O) groups is 1. The van der Waals surface area contributed by atoms with Crippen molar-refractivity contribution in [3.63, 3.8) is 0 Å². The van der Waals surface area contributed by atoms with Crippen molar-refractivity contribution in [3.05, 3.63) is 59.7 Å². The summed E-state index contributed by atoms with van der Waals surface area (Å²) in [5, 5.41) is 2.68. The second-order valence-corrected chi connectivity index (χ2v) is 5.55. The number of halogens is 3. The molecule has 0 aliphatic heterocycles. The average Bonchev–Trinajstić information content (AvgIpc) is 2.62. The molecule has 0 spiro atoms. The van der Waals surface area contributed by atoms with Crippen LogP contribution in [0.4, 0.5) is 8.78 Å². The van der Waals surface area contributed by atoms with Gasteiger partial charge < -0.3 is 20.5 Å². The predicted octanol–water partition coefficient (Wildman–Crippen LogP) is 3.81. The molecule has 0 fully saturated rings. The molecule has 2 aromatic rings. The van der Waals surface area contributed by atoms with Gasteiger partial charge in [-0.1, -0.05) is 42.5 Å². The standard InChI is InChI=1S/C19H22F2N2O3.ClH/c1-2-25-16-10-6-9-14(18(16)26-19(20)21)12-23-17(24)11-15(22)13-7-4-3-5-8-13;/h3-10,15,19H,2,11-12,22H2,1H3,(H,23,24);1H. The Bertz CT molecular complexity index is 717. The van der Waals surface area contributed by atoms with Crippen molar-refractivity contribution >= 4 is 18.3 Å². The summed E-state index contributed by atoms with van der Waals surface area (Å²) in [6, 6.07) is 13.6. The number of nitrogens with one attached hydrogen (secondary N) is 1. The molecule has 1 amide bonds. The maximum Gasteiger partial charge on any atom is 0.387 e. The largest absolute Gasteiger partial charge is 0.490 e. The van der Waals surface area contributed by atoms with Gasteiger partial charge >= 0.3 is 6.61 Å². The number of benzene rings is 2. The van der Waals surface area contributed by atoms with Crippen molar-refractivity contribution in [1.82, 2.24) is 5.32 Å². The molecule has 8 heteroatoms. The predicted molar refractivity (Wildman–Crippen MR) is 101 cm³/mol. The third kappa shape index (κ3) is 7.03. The summed E-state index contributed by atoms with van der Waals surface area (Å²) in [5.74, 6) is -0.149. The molecule has 0 radical (unpaired) electrons. The van der Waals surface area contributed by atoms with Crippen LogP contribution in [0, 0.1) is 0 Å². The van der Waals surface area contributed by atoms with Crippen LogP contribution in [0.5, 0.6) is 11.5 Å². The third-order valence-corrected chi connectivity index (χ3v) is 3.68. The van der Waals surface area contributed by atoms with E-state index in [9.17, 15) is 13.6 Å². The smallest absolute Gasteiger partial charge is 0.387 e. The highest BCUT2D eigenvalue weighted by atomic mass is 35.5. The van der Waals surface area contributed by atoms with Gasteiger partial charge in [-0.25, -0.2) is 0 Å². The lowest BCUT2D eigenvalue weighted by molar-refractivity contribution is -0.121. The van der Waals surface area contributed by atoms with Gasteiger partial charge in [0.05, 0.1) is 6.61 Å². The van der Waals surface area contributed by atoms with E-state index < -0.39 is 12.7 Å². The van der Waals surface area contributed by atoms with Crippen LogP contribution in [0.1, 0.15) is 30.5 Å². The lowest BCUT2D eigenvalue weighted by Gasteiger charge is -2.16. The van der Waals surface area contributed by atoms with E-state index in [0.717, 1.165) is 5.56 Å². The molecule has 1 unspecified atom stereocenters. The van der Waals surface area contributed by atoms with Gasteiger partial charge in [-0.3, -0.25) is 4.79 Å². The van der Waals surface area contributed by atoms with Crippen molar-refractivity contribution < 1.29 is 23.0 Å². The summed E-state index contributed by atoms with van der Waals surface area (Å²) in [4.78, 5) is 12.1. The zero-order chi connectivity index (χ0) is 18.9. The van der Waals surface area contributed by atoms with E-state index in [4.69, 9.17) is 10.5 Å². The molecule has 148 valence electrons. The molecule has 1 atom stereocenters. The van der Waals surface area contributed by atoms with Crippen molar-refractivity contribution in [2.75, 3.05) is 6.61 Å². The maximum absolute atomic E-state index is 12.7.